The molecule has 90 valence electrons. The van der Waals surface area contributed by atoms with Crippen molar-refractivity contribution in [2.24, 2.45) is 5.92 Å². The normalized spacial score (nSPS) is 16.8. The van der Waals surface area contributed by atoms with E-state index in [9.17, 15) is 0 Å². The highest BCUT2D eigenvalue weighted by atomic mass is 16.5. The van der Waals surface area contributed by atoms with Gasteiger partial charge in [-0.2, -0.15) is 5.10 Å². The fourth-order valence-electron chi connectivity index (χ4n) is 2.24. The number of aromatic nitrogens is 2. The summed E-state index contributed by atoms with van der Waals surface area (Å²) in [5.41, 5.74) is 1.13. The molecule has 4 nitrogen and oxygen atoms in total. The summed E-state index contributed by atoms with van der Waals surface area (Å²) in [5.74, 6) is 0.863. The Labute approximate surface area is 97.0 Å². The highest BCUT2D eigenvalue weighted by Crippen LogP contribution is 2.24. The molecule has 1 aliphatic rings. The van der Waals surface area contributed by atoms with E-state index >= 15 is 0 Å². The lowest BCUT2D eigenvalue weighted by molar-refractivity contribution is 0.183. The Morgan fingerprint density at radius 1 is 1.50 bits per heavy atom. The Balaban J connectivity index is 1.73. The first kappa shape index (κ1) is 11.5. The monoisotopic (exact) mass is 223 g/mol. The van der Waals surface area contributed by atoms with E-state index in [2.05, 4.69) is 10.4 Å². The number of anilines is 1. The lowest BCUT2D eigenvalue weighted by atomic mass is 10.1. The van der Waals surface area contributed by atoms with Crippen LogP contribution in [0.15, 0.2) is 12.4 Å². The number of nitrogens with one attached hydrogen (secondary N) is 1. The zero-order chi connectivity index (χ0) is 11.2. The van der Waals surface area contributed by atoms with Gasteiger partial charge in [0.1, 0.15) is 0 Å². The molecule has 0 aromatic carbocycles. The molecule has 1 fully saturated rings. The van der Waals surface area contributed by atoms with Crippen LogP contribution >= 0.6 is 0 Å². The van der Waals surface area contributed by atoms with Crippen molar-refractivity contribution < 1.29 is 4.74 Å². The molecule has 0 atom stereocenters. The molecule has 1 aliphatic carbocycles. The molecule has 1 aromatic rings. The molecular formula is C12H21N3O. The maximum Gasteiger partial charge on any atom is 0.0726 e. The highest BCUT2D eigenvalue weighted by molar-refractivity contribution is 5.38. The third kappa shape index (κ3) is 3.23. The number of rotatable bonds is 6. The SMILES string of the molecule is COCCn1cc(NCC2CCCC2)cn1. The second-order valence-electron chi connectivity index (χ2n) is 4.52. The van der Waals surface area contributed by atoms with E-state index in [1.165, 1.54) is 25.7 Å². The number of hydrogen-bond donors (Lipinski definition) is 1. The Morgan fingerprint density at radius 3 is 3.06 bits per heavy atom. The first-order valence-electron chi connectivity index (χ1n) is 6.14. The third-order valence-electron chi connectivity index (χ3n) is 3.23. The average Bonchev–Trinajstić information content (AvgIpc) is 2.95. The van der Waals surface area contributed by atoms with Gasteiger partial charge < -0.3 is 10.1 Å². The van der Waals surface area contributed by atoms with Crippen LogP contribution < -0.4 is 5.32 Å². The van der Waals surface area contributed by atoms with Gasteiger partial charge in [0, 0.05) is 19.9 Å². The van der Waals surface area contributed by atoms with Crippen LogP contribution in [-0.4, -0.2) is 30.0 Å². The van der Waals surface area contributed by atoms with Crippen LogP contribution in [0.1, 0.15) is 25.7 Å². The van der Waals surface area contributed by atoms with Gasteiger partial charge in [-0.1, -0.05) is 12.8 Å². The van der Waals surface area contributed by atoms with Gasteiger partial charge in [-0.05, 0) is 18.8 Å². The van der Waals surface area contributed by atoms with E-state index in [1.807, 2.05) is 17.1 Å². The quantitative estimate of drug-likeness (QED) is 0.803. The number of ether oxygens (including phenoxy) is 1. The Bertz CT molecular complexity index is 305. The molecule has 0 bridgehead atoms. The molecule has 4 heteroatoms. The first-order valence-corrected chi connectivity index (χ1v) is 6.14. The van der Waals surface area contributed by atoms with Gasteiger partial charge >= 0.3 is 0 Å². The van der Waals surface area contributed by atoms with Crippen LogP contribution in [0.25, 0.3) is 0 Å². The third-order valence-corrected chi connectivity index (χ3v) is 3.23. The maximum absolute atomic E-state index is 5.02. The Hall–Kier alpha value is -1.03. The topological polar surface area (TPSA) is 39.1 Å². The van der Waals surface area contributed by atoms with E-state index in [0.29, 0.717) is 6.61 Å². The summed E-state index contributed by atoms with van der Waals surface area (Å²) in [6, 6.07) is 0. The summed E-state index contributed by atoms with van der Waals surface area (Å²) in [6.45, 7) is 2.63. The molecule has 0 radical (unpaired) electrons. The predicted octanol–water partition coefficient (Wildman–Crippen LogP) is 2.13. The van der Waals surface area contributed by atoms with Crippen LogP contribution in [0.5, 0.6) is 0 Å². The van der Waals surface area contributed by atoms with Crippen molar-refractivity contribution in [3.8, 4) is 0 Å². The summed E-state index contributed by atoms with van der Waals surface area (Å²) >= 11 is 0. The average molecular weight is 223 g/mol. The van der Waals surface area contributed by atoms with Crippen molar-refractivity contribution in [1.82, 2.24) is 9.78 Å². The summed E-state index contributed by atoms with van der Waals surface area (Å²) in [6.07, 6.45) is 9.51. The van der Waals surface area contributed by atoms with Gasteiger partial charge in [0.25, 0.3) is 0 Å². The van der Waals surface area contributed by atoms with Crippen LogP contribution in [0.4, 0.5) is 5.69 Å². The molecular weight excluding hydrogens is 202 g/mol. The molecule has 0 unspecified atom stereocenters. The van der Waals surface area contributed by atoms with Crippen molar-refractivity contribution in [3.05, 3.63) is 12.4 Å². The Kier molecular flexibility index (Phi) is 4.22. The van der Waals surface area contributed by atoms with Crippen molar-refractivity contribution >= 4 is 5.69 Å². The van der Waals surface area contributed by atoms with E-state index in [4.69, 9.17) is 4.74 Å². The van der Waals surface area contributed by atoms with Gasteiger partial charge in [-0.25, -0.2) is 0 Å². The van der Waals surface area contributed by atoms with Crippen molar-refractivity contribution in [2.75, 3.05) is 25.6 Å². The predicted molar refractivity (Wildman–Crippen MR) is 64.6 cm³/mol. The van der Waals surface area contributed by atoms with Crippen molar-refractivity contribution in [2.45, 2.75) is 32.2 Å². The van der Waals surface area contributed by atoms with Gasteiger partial charge in [0.05, 0.1) is 25.0 Å². The van der Waals surface area contributed by atoms with Gasteiger partial charge in [-0.15, -0.1) is 0 Å². The van der Waals surface area contributed by atoms with E-state index < -0.39 is 0 Å². The molecule has 16 heavy (non-hydrogen) atoms. The van der Waals surface area contributed by atoms with E-state index in [0.717, 1.165) is 24.7 Å². The number of methoxy groups -OCH3 is 1. The molecule has 0 amide bonds. The van der Waals surface area contributed by atoms with E-state index in [-0.39, 0.29) is 0 Å². The minimum absolute atomic E-state index is 0.712. The van der Waals surface area contributed by atoms with Crippen LogP contribution in [-0.2, 0) is 11.3 Å². The molecule has 0 aliphatic heterocycles. The zero-order valence-electron chi connectivity index (χ0n) is 9.98. The van der Waals surface area contributed by atoms with Gasteiger partial charge in [0.2, 0.25) is 0 Å². The molecule has 0 spiro atoms. The standard InChI is InChI=1S/C12H21N3O/c1-16-7-6-15-10-12(9-14-15)13-8-11-4-2-3-5-11/h9-11,13H,2-8H2,1H3. The molecule has 1 saturated carbocycles. The minimum Gasteiger partial charge on any atom is -0.383 e. The highest BCUT2D eigenvalue weighted by Gasteiger charge is 2.14. The van der Waals surface area contributed by atoms with E-state index in [1.54, 1.807) is 7.11 Å². The fraction of sp³-hybridized carbons (Fsp3) is 0.750. The van der Waals surface area contributed by atoms with Crippen molar-refractivity contribution in [1.29, 1.82) is 0 Å². The smallest absolute Gasteiger partial charge is 0.0726 e. The second-order valence-corrected chi connectivity index (χ2v) is 4.52. The van der Waals surface area contributed by atoms with Crippen LogP contribution in [0.2, 0.25) is 0 Å². The lowest BCUT2D eigenvalue weighted by Gasteiger charge is -2.09. The van der Waals surface area contributed by atoms with Gasteiger partial charge in [-0.3, -0.25) is 4.68 Å². The summed E-state index contributed by atoms with van der Waals surface area (Å²) in [4.78, 5) is 0. The summed E-state index contributed by atoms with van der Waals surface area (Å²) in [7, 11) is 1.71. The molecule has 1 N–H and O–H groups in total. The number of nitrogens with zero attached hydrogens (tertiary/aromatic N) is 2. The summed E-state index contributed by atoms with van der Waals surface area (Å²) < 4.78 is 6.93. The number of hydrogen-bond acceptors (Lipinski definition) is 3. The van der Waals surface area contributed by atoms with Crippen molar-refractivity contribution in [3.63, 3.8) is 0 Å². The fourth-order valence-corrected chi connectivity index (χ4v) is 2.24. The van der Waals surface area contributed by atoms with Gasteiger partial charge in [0.15, 0.2) is 0 Å². The summed E-state index contributed by atoms with van der Waals surface area (Å²) in [5, 5.41) is 7.73. The maximum atomic E-state index is 5.02. The van der Waals surface area contributed by atoms with Crippen LogP contribution in [0.3, 0.4) is 0 Å². The zero-order valence-corrected chi connectivity index (χ0v) is 9.98. The largest absolute Gasteiger partial charge is 0.383 e. The Morgan fingerprint density at radius 2 is 2.31 bits per heavy atom. The molecule has 1 aromatic heterocycles. The molecule has 2 rings (SSSR count). The first-order chi connectivity index (χ1) is 7.88. The molecule has 0 saturated heterocycles. The van der Waals surface area contributed by atoms with Crippen LogP contribution in [0, 0.1) is 5.92 Å². The minimum atomic E-state index is 0.712. The molecule has 1 heterocycles. The lowest BCUT2D eigenvalue weighted by Crippen LogP contribution is -2.10. The second kappa shape index (κ2) is 5.89.